The van der Waals surface area contributed by atoms with Gasteiger partial charge in [-0.3, -0.25) is 0 Å². The van der Waals surface area contributed by atoms with Crippen molar-refractivity contribution in [3.63, 3.8) is 0 Å². The van der Waals surface area contributed by atoms with Crippen LogP contribution in [0.2, 0.25) is 0 Å². The second-order valence-electron chi connectivity index (χ2n) is 4.32. The monoisotopic (exact) mass is 225 g/mol. The third-order valence-electron chi connectivity index (χ3n) is 2.34. The van der Waals surface area contributed by atoms with Crippen molar-refractivity contribution in [1.82, 2.24) is 5.32 Å². The standard InChI is InChI=1S/C13H23NO2/c1-4-7-14-12(10-16-11(2)3)9-13-6-5-8-15-13/h5-6,8,11-12,14H,4,7,9-10H2,1-3H3. The fourth-order valence-corrected chi connectivity index (χ4v) is 1.52. The lowest BCUT2D eigenvalue weighted by molar-refractivity contribution is 0.0603. The molecular formula is C13H23NO2. The van der Waals surface area contributed by atoms with Gasteiger partial charge in [-0.25, -0.2) is 0 Å². The lowest BCUT2D eigenvalue weighted by atomic mass is 10.2. The Hall–Kier alpha value is -0.800. The molecule has 3 heteroatoms. The van der Waals surface area contributed by atoms with Crippen LogP contribution in [-0.4, -0.2) is 25.3 Å². The minimum atomic E-state index is 0.280. The zero-order valence-electron chi connectivity index (χ0n) is 10.5. The van der Waals surface area contributed by atoms with E-state index in [1.54, 1.807) is 6.26 Å². The third-order valence-corrected chi connectivity index (χ3v) is 2.34. The van der Waals surface area contributed by atoms with Gasteiger partial charge in [-0.2, -0.15) is 0 Å². The van der Waals surface area contributed by atoms with Crippen LogP contribution in [0.25, 0.3) is 0 Å². The van der Waals surface area contributed by atoms with Crippen LogP contribution in [0, 0.1) is 0 Å². The summed E-state index contributed by atoms with van der Waals surface area (Å²) in [6.45, 7) is 8.04. The third kappa shape index (κ3) is 5.33. The van der Waals surface area contributed by atoms with E-state index in [4.69, 9.17) is 9.15 Å². The Morgan fingerprint density at radius 3 is 2.81 bits per heavy atom. The Bertz CT molecular complexity index is 257. The molecule has 1 aromatic rings. The van der Waals surface area contributed by atoms with Crippen LogP contribution in [0.15, 0.2) is 22.8 Å². The molecule has 0 spiro atoms. The minimum Gasteiger partial charge on any atom is -0.469 e. The Morgan fingerprint density at radius 1 is 1.44 bits per heavy atom. The predicted octanol–water partition coefficient (Wildman–Crippen LogP) is 2.62. The number of hydrogen-bond acceptors (Lipinski definition) is 3. The highest BCUT2D eigenvalue weighted by atomic mass is 16.5. The molecule has 1 atom stereocenters. The van der Waals surface area contributed by atoms with Gasteiger partial charge in [-0.15, -0.1) is 0 Å². The van der Waals surface area contributed by atoms with E-state index in [0.717, 1.165) is 31.8 Å². The molecule has 0 radical (unpaired) electrons. The largest absolute Gasteiger partial charge is 0.469 e. The Labute approximate surface area is 98.2 Å². The number of rotatable bonds is 8. The van der Waals surface area contributed by atoms with Crippen LogP contribution in [0.3, 0.4) is 0 Å². The van der Waals surface area contributed by atoms with E-state index in [-0.39, 0.29) is 6.10 Å². The van der Waals surface area contributed by atoms with E-state index in [1.165, 1.54) is 0 Å². The zero-order valence-corrected chi connectivity index (χ0v) is 10.5. The lowest BCUT2D eigenvalue weighted by Gasteiger charge is -2.19. The molecule has 1 unspecified atom stereocenters. The molecule has 0 saturated carbocycles. The van der Waals surface area contributed by atoms with Gasteiger partial charge in [0.15, 0.2) is 0 Å². The van der Waals surface area contributed by atoms with Crippen molar-refractivity contribution in [2.24, 2.45) is 0 Å². The van der Waals surface area contributed by atoms with Gasteiger partial charge in [0, 0.05) is 12.5 Å². The second kappa shape index (κ2) is 7.47. The van der Waals surface area contributed by atoms with Gasteiger partial charge < -0.3 is 14.5 Å². The summed E-state index contributed by atoms with van der Waals surface area (Å²) in [7, 11) is 0. The van der Waals surface area contributed by atoms with Gasteiger partial charge in [0.2, 0.25) is 0 Å². The van der Waals surface area contributed by atoms with Crippen LogP contribution in [-0.2, 0) is 11.2 Å². The van der Waals surface area contributed by atoms with E-state index < -0.39 is 0 Å². The van der Waals surface area contributed by atoms with Gasteiger partial charge in [0.1, 0.15) is 5.76 Å². The summed E-state index contributed by atoms with van der Waals surface area (Å²) in [5.41, 5.74) is 0. The van der Waals surface area contributed by atoms with Crippen LogP contribution in [0.4, 0.5) is 0 Å². The van der Waals surface area contributed by atoms with Crippen molar-refractivity contribution < 1.29 is 9.15 Å². The molecule has 1 N–H and O–H groups in total. The molecule has 1 heterocycles. The first-order chi connectivity index (χ1) is 7.72. The van der Waals surface area contributed by atoms with Gasteiger partial charge in [0.25, 0.3) is 0 Å². The first-order valence-corrected chi connectivity index (χ1v) is 6.09. The molecule has 0 fully saturated rings. The maximum Gasteiger partial charge on any atom is 0.105 e. The first kappa shape index (κ1) is 13.3. The maximum atomic E-state index is 5.65. The number of furan rings is 1. The molecule has 0 bridgehead atoms. The average molecular weight is 225 g/mol. The summed E-state index contributed by atoms with van der Waals surface area (Å²) in [4.78, 5) is 0. The van der Waals surface area contributed by atoms with Crippen molar-refractivity contribution in [2.45, 2.75) is 45.8 Å². The molecule has 1 aromatic heterocycles. The Kier molecular flexibility index (Phi) is 6.19. The maximum absolute atomic E-state index is 5.65. The molecule has 3 nitrogen and oxygen atoms in total. The predicted molar refractivity (Wildman–Crippen MR) is 65.6 cm³/mol. The number of nitrogens with one attached hydrogen (secondary N) is 1. The summed E-state index contributed by atoms with van der Waals surface area (Å²) in [6.07, 6.45) is 4.02. The molecule has 1 rings (SSSR count). The van der Waals surface area contributed by atoms with E-state index in [2.05, 4.69) is 26.1 Å². The minimum absolute atomic E-state index is 0.280. The van der Waals surface area contributed by atoms with Gasteiger partial charge in [0.05, 0.1) is 19.0 Å². The number of hydrogen-bond donors (Lipinski definition) is 1. The molecule has 92 valence electrons. The fraction of sp³-hybridized carbons (Fsp3) is 0.692. The normalized spacial score (nSPS) is 13.2. The molecule has 0 aliphatic carbocycles. The zero-order chi connectivity index (χ0) is 11.8. The molecule has 0 amide bonds. The Balaban J connectivity index is 2.36. The van der Waals surface area contributed by atoms with Crippen LogP contribution >= 0.6 is 0 Å². The smallest absolute Gasteiger partial charge is 0.105 e. The first-order valence-electron chi connectivity index (χ1n) is 6.09. The highest BCUT2D eigenvalue weighted by Crippen LogP contribution is 2.05. The molecule has 0 saturated heterocycles. The molecule has 0 aromatic carbocycles. The highest BCUT2D eigenvalue weighted by molar-refractivity contribution is 5.00. The Morgan fingerprint density at radius 2 is 2.25 bits per heavy atom. The van der Waals surface area contributed by atoms with Crippen molar-refractivity contribution in [2.75, 3.05) is 13.2 Å². The van der Waals surface area contributed by atoms with E-state index in [1.807, 2.05) is 12.1 Å². The molecule has 16 heavy (non-hydrogen) atoms. The second-order valence-corrected chi connectivity index (χ2v) is 4.32. The topological polar surface area (TPSA) is 34.4 Å². The highest BCUT2D eigenvalue weighted by Gasteiger charge is 2.11. The van der Waals surface area contributed by atoms with Gasteiger partial charge in [-0.05, 0) is 38.9 Å². The summed E-state index contributed by atoms with van der Waals surface area (Å²) in [5, 5.41) is 3.48. The van der Waals surface area contributed by atoms with E-state index in [0.29, 0.717) is 6.04 Å². The quantitative estimate of drug-likeness (QED) is 0.738. The van der Waals surface area contributed by atoms with Crippen LogP contribution < -0.4 is 5.32 Å². The van der Waals surface area contributed by atoms with E-state index >= 15 is 0 Å². The molecule has 0 aliphatic heterocycles. The molecular weight excluding hydrogens is 202 g/mol. The fourth-order valence-electron chi connectivity index (χ4n) is 1.52. The van der Waals surface area contributed by atoms with Crippen molar-refractivity contribution >= 4 is 0 Å². The van der Waals surface area contributed by atoms with Gasteiger partial charge in [-0.1, -0.05) is 6.92 Å². The summed E-state index contributed by atoms with van der Waals surface area (Å²) < 4.78 is 11.0. The average Bonchev–Trinajstić information content (AvgIpc) is 2.74. The molecule has 0 aliphatic rings. The van der Waals surface area contributed by atoms with Crippen molar-refractivity contribution in [1.29, 1.82) is 0 Å². The van der Waals surface area contributed by atoms with Gasteiger partial charge >= 0.3 is 0 Å². The SMILES string of the molecule is CCCNC(COC(C)C)Cc1ccco1. The lowest BCUT2D eigenvalue weighted by Crippen LogP contribution is -2.36. The summed E-state index contributed by atoms with van der Waals surface area (Å²) >= 11 is 0. The van der Waals surface area contributed by atoms with Crippen molar-refractivity contribution in [3.05, 3.63) is 24.2 Å². The van der Waals surface area contributed by atoms with Crippen molar-refractivity contribution in [3.8, 4) is 0 Å². The number of ether oxygens (including phenoxy) is 1. The van der Waals surface area contributed by atoms with E-state index in [9.17, 15) is 0 Å². The van der Waals surface area contributed by atoms with Crippen LogP contribution in [0.1, 0.15) is 33.0 Å². The summed E-state index contributed by atoms with van der Waals surface area (Å²) in [6, 6.07) is 4.28. The summed E-state index contributed by atoms with van der Waals surface area (Å²) in [5.74, 6) is 1.01. The van der Waals surface area contributed by atoms with Crippen LogP contribution in [0.5, 0.6) is 0 Å².